The van der Waals surface area contributed by atoms with Gasteiger partial charge in [0.2, 0.25) is 0 Å². The fourth-order valence-corrected chi connectivity index (χ4v) is 2.15. The van der Waals surface area contributed by atoms with Gasteiger partial charge in [0.1, 0.15) is 0 Å². The molecule has 1 atom stereocenters. The second-order valence-electron chi connectivity index (χ2n) is 5.40. The maximum Gasteiger partial charge on any atom is 0.311 e. The molecule has 1 rings (SSSR count). The van der Waals surface area contributed by atoms with Gasteiger partial charge in [0.25, 0.3) is 0 Å². The predicted molar refractivity (Wildman–Crippen MR) is 70.2 cm³/mol. The molecule has 0 aliphatic rings. The number of hydrogen-bond donors (Lipinski definition) is 1. The van der Waals surface area contributed by atoms with Crippen LogP contribution in [0.3, 0.4) is 0 Å². The van der Waals surface area contributed by atoms with E-state index >= 15 is 0 Å². The van der Waals surface area contributed by atoms with Crippen LogP contribution in [0.4, 0.5) is 0 Å². The van der Waals surface area contributed by atoms with Gasteiger partial charge in [-0.3, -0.25) is 4.79 Å². The molecule has 0 aliphatic heterocycles. The Kier molecular flexibility index (Phi) is 4.73. The smallest absolute Gasteiger partial charge is 0.311 e. The van der Waals surface area contributed by atoms with Crippen LogP contribution in [0.2, 0.25) is 0 Å². The van der Waals surface area contributed by atoms with E-state index < -0.39 is 11.9 Å². The second-order valence-corrected chi connectivity index (χ2v) is 5.40. The van der Waals surface area contributed by atoms with Gasteiger partial charge in [-0.15, -0.1) is 0 Å². The molecule has 2 nitrogen and oxygen atoms in total. The molecule has 0 aromatic heterocycles. The molecule has 1 aromatic carbocycles. The summed E-state index contributed by atoms with van der Waals surface area (Å²) in [6.07, 6.45) is 1.04. The normalized spacial score (nSPS) is 13.1. The van der Waals surface area contributed by atoms with E-state index in [1.165, 1.54) is 5.56 Å². The average Bonchev–Trinajstić information content (AvgIpc) is 2.18. The van der Waals surface area contributed by atoms with E-state index in [1.807, 2.05) is 38.1 Å². The number of carboxylic acids is 1. The first-order chi connectivity index (χ1) is 7.91. The first kappa shape index (κ1) is 13.8. The summed E-state index contributed by atoms with van der Waals surface area (Å²) in [6, 6.07) is 8.01. The molecular formula is C15H22O2. The van der Waals surface area contributed by atoms with Crippen LogP contribution in [0.25, 0.3) is 0 Å². The van der Waals surface area contributed by atoms with Gasteiger partial charge in [-0.1, -0.05) is 52.0 Å². The summed E-state index contributed by atoms with van der Waals surface area (Å²) in [4.78, 5) is 11.2. The van der Waals surface area contributed by atoms with Crippen molar-refractivity contribution in [3.05, 3.63) is 35.4 Å². The molecule has 0 saturated heterocycles. The average molecular weight is 234 g/mol. The van der Waals surface area contributed by atoms with E-state index in [4.69, 9.17) is 0 Å². The number of hydrogen-bond acceptors (Lipinski definition) is 1. The highest BCUT2D eigenvalue weighted by Crippen LogP contribution is 2.25. The van der Waals surface area contributed by atoms with Crippen molar-refractivity contribution in [3.63, 3.8) is 0 Å². The molecule has 1 aromatic rings. The molecule has 1 N–H and O–H groups in total. The minimum Gasteiger partial charge on any atom is -0.481 e. The lowest BCUT2D eigenvalue weighted by atomic mass is 9.87. The Bertz CT molecular complexity index is 363. The number of rotatable bonds is 5. The van der Waals surface area contributed by atoms with Crippen LogP contribution in [-0.4, -0.2) is 11.1 Å². The summed E-state index contributed by atoms with van der Waals surface area (Å²) < 4.78 is 0. The van der Waals surface area contributed by atoms with Gasteiger partial charge in [0.15, 0.2) is 0 Å². The fraction of sp³-hybridized carbons (Fsp3) is 0.533. The maximum atomic E-state index is 11.2. The van der Waals surface area contributed by atoms with Crippen LogP contribution < -0.4 is 0 Å². The van der Waals surface area contributed by atoms with Gasteiger partial charge in [0.05, 0.1) is 5.92 Å². The van der Waals surface area contributed by atoms with Crippen LogP contribution in [0, 0.1) is 11.8 Å². The Morgan fingerprint density at radius 1 is 1.12 bits per heavy atom. The van der Waals surface area contributed by atoms with Crippen LogP contribution in [-0.2, 0) is 11.2 Å². The van der Waals surface area contributed by atoms with Crippen LogP contribution in [0.1, 0.15) is 44.7 Å². The van der Waals surface area contributed by atoms with Crippen molar-refractivity contribution < 1.29 is 9.90 Å². The molecule has 0 amide bonds. The Morgan fingerprint density at radius 3 is 2.00 bits per heavy atom. The molecule has 0 radical (unpaired) electrons. The van der Waals surface area contributed by atoms with Crippen molar-refractivity contribution in [2.45, 2.75) is 40.0 Å². The highest BCUT2D eigenvalue weighted by atomic mass is 16.4. The zero-order valence-corrected chi connectivity index (χ0v) is 11.1. The summed E-state index contributed by atoms with van der Waals surface area (Å²) in [5.74, 6) is -0.399. The second kappa shape index (κ2) is 5.85. The standard InChI is InChI=1S/C15H22O2/c1-10(2)9-12-5-7-13(8-6-12)14(11(3)4)15(16)17/h5-8,10-11,14H,9H2,1-4H3,(H,16,17). The first-order valence-corrected chi connectivity index (χ1v) is 6.23. The summed E-state index contributed by atoms with van der Waals surface area (Å²) in [7, 11) is 0. The highest BCUT2D eigenvalue weighted by Gasteiger charge is 2.23. The molecule has 0 fully saturated rings. The monoisotopic (exact) mass is 234 g/mol. The SMILES string of the molecule is CC(C)Cc1ccc(C(C(=O)O)C(C)C)cc1. The lowest BCUT2D eigenvalue weighted by Crippen LogP contribution is -2.17. The van der Waals surface area contributed by atoms with Crippen LogP contribution >= 0.6 is 0 Å². The van der Waals surface area contributed by atoms with Gasteiger partial charge >= 0.3 is 5.97 Å². The minimum atomic E-state index is -0.739. The van der Waals surface area contributed by atoms with Crippen molar-refractivity contribution in [2.24, 2.45) is 11.8 Å². The topological polar surface area (TPSA) is 37.3 Å². The van der Waals surface area contributed by atoms with Gasteiger partial charge in [-0.2, -0.15) is 0 Å². The van der Waals surface area contributed by atoms with E-state index in [2.05, 4.69) is 13.8 Å². The summed E-state index contributed by atoms with van der Waals surface area (Å²) in [5, 5.41) is 9.21. The van der Waals surface area contributed by atoms with Gasteiger partial charge in [-0.25, -0.2) is 0 Å². The van der Waals surface area contributed by atoms with Crippen molar-refractivity contribution >= 4 is 5.97 Å². The molecule has 0 heterocycles. The van der Waals surface area contributed by atoms with E-state index in [9.17, 15) is 9.90 Å². The number of carbonyl (C=O) groups is 1. The molecule has 94 valence electrons. The number of carboxylic acid groups (broad SMARTS) is 1. The summed E-state index contributed by atoms with van der Waals surface area (Å²) in [5.41, 5.74) is 2.18. The third-order valence-electron chi connectivity index (χ3n) is 2.92. The fourth-order valence-electron chi connectivity index (χ4n) is 2.15. The molecule has 0 aliphatic carbocycles. The lowest BCUT2D eigenvalue weighted by Gasteiger charge is -2.17. The quantitative estimate of drug-likeness (QED) is 0.843. The number of benzene rings is 1. The van der Waals surface area contributed by atoms with Crippen molar-refractivity contribution in [1.29, 1.82) is 0 Å². The Morgan fingerprint density at radius 2 is 1.65 bits per heavy atom. The van der Waals surface area contributed by atoms with Crippen molar-refractivity contribution in [1.82, 2.24) is 0 Å². The number of aliphatic carboxylic acids is 1. The Hall–Kier alpha value is -1.31. The molecular weight excluding hydrogens is 212 g/mol. The molecule has 0 saturated carbocycles. The first-order valence-electron chi connectivity index (χ1n) is 6.23. The predicted octanol–water partition coefficient (Wildman–Crippen LogP) is 3.71. The molecule has 0 bridgehead atoms. The van der Waals surface area contributed by atoms with Crippen LogP contribution in [0.15, 0.2) is 24.3 Å². The van der Waals surface area contributed by atoms with Gasteiger partial charge in [0, 0.05) is 0 Å². The Balaban J connectivity index is 2.88. The lowest BCUT2D eigenvalue weighted by molar-refractivity contribution is -0.139. The molecule has 2 heteroatoms. The van der Waals surface area contributed by atoms with Gasteiger partial charge < -0.3 is 5.11 Å². The van der Waals surface area contributed by atoms with E-state index in [0.717, 1.165) is 12.0 Å². The summed E-state index contributed by atoms with van der Waals surface area (Å²) in [6.45, 7) is 8.26. The zero-order chi connectivity index (χ0) is 13.0. The molecule has 1 unspecified atom stereocenters. The van der Waals surface area contributed by atoms with E-state index in [1.54, 1.807) is 0 Å². The maximum absolute atomic E-state index is 11.2. The Labute approximate surface area is 104 Å². The van der Waals surface area contributed by atoms with Gasteiger partial charge in [-0.05, 0) is 29.4 Å². The third kappa shape index (κ3) is 3.88. The van der Waals surface area contributed by atoms with Crippen molar-refractivity contribution in [3.8, 4) is 0 Å². The van der Waals surface area contributed by atoms with Crippen LogP contribution in [0.5, 0.6) is 0 Å². The third-order valence-corrected chi connectivity index (χ3v) is 2.92. The molecule has 17 heavy (non-hydrogen) atoms. The largest absolute Gasteiger partial charge is 0.481 e. The minimum absolute atomic E-state index is 0.114. The zero-order valence-electron chi connectivity index (χ0n) is 11.1. The summed E-state index contributed by atoms with van der Waals surface area (Å²) >= 11 is 0. The molecule has 0 spiro atoms. The van der Waals surface area contributed by atoms with E-state index in [0.29, 0.717) is 5.92 Å². The highest BCUT2D eigenvalue weighted by molar-refractivity contribution is 5.76. The van der Waals surface area contributed by atoms with Crippen molar-refractivity contribution in [2.75, 3.05) is 0 Å². The van der Waals surface area contributed by atoms with E-state index in [-0.39, 0.29) is 5.92 Å².